The van der Waals surface area contributed by atoms with Crippen LogP contribution in [0.25, 0.3) is 0 Å². The van der Waals surface area contributed by atoms with E-state index >= 15 is 0 Å². The van der Waals surface area contributed by atoms with Crippen molar-refractivity contribution < 1.29 is 14.6 Å². The van der Waals surface area contributed by atoms with Gasteiger partial charge in [-0.1, -0.05) is 12.1 Å². The fraction of sp³-hybridized carbons (Fsp3) is 0.571. The molecule has 1 fully saturated rings. The minimum absolute atomic E-state index is 0.126. The predicted octanol–water partition coefficient (Wildman–Crippen LogP) is 2.54. The maximum absolute atomic E-state index is 10.3. The topological polar surface area (TPSA) is 38.7 Å². The van der Waals surface area contributed by atoms with E-state index in [1.165, 1.54) is 0 Å². The molecule has 3 unspecified atom stereocenters. The van der Waals surface area contributed by atoms with Gasteiger partial charge in [0.1, 0.15) is 5.75 Å². The van der Waals surface area contributed by atoms with E-state index in [9.17, 15) is 5.11 Å². The molecular weight excluding hydrogens is 216 g/mol. The van der Waals surface area contributed by atoms with Crippen molar-refractivity contribution in [3.8, 4) is 5.75 Å². The van der Waals surface area contributed by atoms with Crippen molar-refractivity contribution in [3.63, 3.8) is 0 Å². The fourth-order valence-corrected chi connectivity index (χ4v) is 2.37. The smallest absolute Gasteiger partial charge is 0.119 e. The van der Waals surface area contributed by atoms with Crippen LogP contribution >= 0.6 is 0 Å². The summed E-state index contributed by atoms with van der Waals surface area (Å²) < 4.78 is 10.9. The van der Waals surface area contributed by atoms with Gasteiger partial charge < -0.3 is 14.6 Å². The van der Waals surface area contributed by atoms with Crippen molar-refractivity contribution in [2.45, 2.75) is 32.5 Å². The fourth-order valence-electron chi connectivity index (χ4n) is 2.37. The average Bonchev–Trinajstić information content (AvgIpc) is 2.75. The molecule has 1 heterocycles. The second-order valence-electron chi connectivity index (χ2n) is 4.48. The first-order valence-electron chi connectivity index (χ1n) is 6.24. The minimum Gasteiger partial charge on any atom is -0.494 e. The molecule has 0 radical (unpaired) electrons. The number of benzene rings is 1. The van der Waals surface area contributed by atoms with Gasteiger partial charge >= 0.3 is 0 Å². The Hall–Kier alpha value is -1.06. The number of aliphatic hydroxyl groups excluding tert-OH is 1. The molecule has 0 amide bonds. The third-order valence-corrected chi connectivity index (χ3v) is 3.35. The van der Waals surface area contributed by atoms with Crippen molar-refractivity contribution >= 4 is 0 Å². The summed E-state index contributed by atoms with van der Waals surface area (Å²) in [4.78, 5) is 0. The summed E-state index contributed by atoms with van der Waals surface area (Å²) in [6.07, 6.45) is 0.579. The second-order valence-corrected chi connectivity index (χ2v) is 4.48. The molecule has 0 aliphatic carbocycles. The van der Waals surface area contributed by atoms with Crippen molar-refractivity contribution in [3.05, 3.63) is 29.8 Å². The highest BCUT2D eigenvalue weighted by Crippen LogP contribution is 2.34. The Labute approximate surface area is 102 Å². The summed E-state index contributed by atoms with van der Waals surface area (Å²) in [5.41, 5.74) is 0.915. The second kappa shape index (κ2) is 5.52. The van der Waals surface area contributed by atoms with Gasteiger partial charge in [-0.3, -0.25) is 0 Å². The van der Waals surface area contributed by atoms with Gasteiger partial charge in [0.25, 0.3) is 0 Å². The summed E-state index contributed by atoms with van der Waals surface area (Å²) in [7, 11) is 0. The Morgan fingerprint density at radius 2 is 2.35 bits per heavy atom. The zero-order valence-corrected chi connectivity index (χ0v) is 10.4. The van der Waals surface area contributed by atoms with Gasteiger partial charge in [0.2, 0.25) is 0 Å². The molecule has 3 heteroatoms. The lowest BCUT2D eigenvalue weighted by atomic mass is 9.91. The van der Waals surface area contributed by atoms with E-state index < -0.39 is 6.10 Å². The molecule has 3 nitrogen and oxygen atoms in total. The van der Waals surface area contributed by atoms with Crippen LogP contribution in [-0.4, -0.2) is 24.4 Å². The molecule has 0 saturated carbocycles. The average molecular weight is 236 g/mol. The van der Waals surface area contributed by atoms with Gasteiger partial charge in [0.05, 0.1) is 18.8 Å². The van der Waals surface area contributed by atoms with Crippen LogP contribution in [0.4, 0.5) is 0 Å². The van der Waals surface area contributed by atoms with E-state index in [0.29, 0.717) is 6.61 Å². The first-order valence-corrected chi connectivity index (χ1v) is 6.24. The normalized spacial score (nSPS) is 25.8. The van der Waals surface area contributed by atoms with Crippen molar-refractivity contribution in [2.75, 3.05) is 13.2 Å². The quantitative estimate of drug-likeness (QED) is 0.873. The monoisotopic (exact) mass is 236 g/mol. The van der Waals surface area contributed by atoms with Crippen LogP contribution in [0.3, 0.4) is 0 Å². The van der Waals surface area contributed by atoms with Crippen molar-refractivity contribution in [1.82, 2.24) is 0 Å². The molecule has 94 valence electrons. The third kappa shape index (κ3) is 2.79. The molecule has 3 atom stereocenters. The Balaban J connectivity index is 2.12. The molecule has 1 aromatic rings. The van der Waals surface area contributed by atoms with Crippen LogP contribution in [0.2, 0.25) is 0 Å². The summed E-state index contributed by atoms with van der Waals surface area (Å²) >= 11 is 0. The van der Waals surface area contributed by atoms with Crippen LogP contribution in [0.5, 0.6) is 5.75 Å². The van der Waals surface area contributed by atoms with E-state index in [-0.39, 0.29) is 12.0 Å². The van der Waals surface area contributed by atoms with Gasteiger partial charge in [0.15, 0.2) is 0 Å². The molecule has 17 heavy (non-hydrogen) atoms. The lowest BCUT2D eigenvalue weighted by Gasteiger charge is -2.21. The SMILES string of the molecule is CCOc1cccc(C(O)C2CCOC2C)c1. The largest absolute Gasteiger partial charge is 0.494 e. The van der Waals surface area contributed by atoms with Crippen LogP contribution in [0.1, 0.15) is 31.9 Å². The maximum atomic E-state index is 10.3. The van der Waals surface area contributed by atoms with Gasteiger partial charge in [-0.2, -0.15) is 0 Å². The van der Waals surface area contributed by atoms with E-state index in [1.807, 2.05) is 38.1 Å². The lowest BCUT2D eigenvalue weighted by molar-refractivity contribution is 0.0430. The summed E-state index contributed by atoms with van der Waals surface area (Å²) in [6.45, 7) is 5.36. The van der Waals surface area contributed by atoms with E-state index in [2.05, 4.69) is 0 Å². The molecule has 1 aliphatic rings. The Morgan fingerprint density at radius 1 is 1.53 bits per heavy atom. The summed E-state index contributed by atoms with van der Waals surface area (Å²) in [6, 6.07) is 7.69. The molecule has 1 aliphatic heterocycles. The molecular formula is C14H20O3. The number of aliphatic hydroxyl groups is 1. The number of hydrogen-bond acceptors (Lipinski definition) is 3. The number of hydrogen-bond donors (Lipinski definition) is 1. The highest BCUT2D eigenvalue weighted by molar-refractivity contribution is 5.30. The lowest BCUT2D eigenvalue weighted by Crippen LogP contribution is -2.19. The molecule has 1 N–H and O–H groups in total. The first kappa shape index (κ1) is 12.4. The third-order valence-electron chi connectivity index (χ3n) is 3.35. The van der Waals surface area contributed by atoms with Crippen LogP contribution in [0.15, 0.2) is 24.3 Å². The molecule has 1 saturated heterocycles. The molecule has 1 aromatic carbocycles. The van der Waals surface area contributed by atoms with Gasteiger partial charge in [0, 0.05) is 12.5 Å². The Kier molecular flexibility index (Phi) is 4.02. The summed E-state index contributed by atoms with van der Waals surface area (Å²) in [5.74, 6) is 1.00. The van der Waals surface area contributed by atoms with E-state index in [1.54, 1.807) is 0 Å². The van der Waals surface area contributed by atoms with Gasteiger partial charge in [-0.25, -0.2) is 0 Å². The van der Waals surface area contributed by atoms with E-state index in [4.69, 9.17) is 9.47 Å². The minimum atomic E-state index is -0.465. The molecule has 0 aromatic heterocycles. The standard InChI is InChI=1S/C14H20O3/c1-3-16-12-6-4-5-11(9-12)14(15)13-7-8-17-10(13)2/h4-6,9-10,13-15H,3,7-8H2,1-2H3. The number of ether oxygens (including phenoxy) is 2. The van der Waals surface area contributed by atoms with Crippen LogP contribution in [-0.2, 0) is 4.74 Å². The van der Waals surface area contributed by atoms with Gasteiger partial charge in [-0.15, -0.1) is 0 Å². The maximum Gasteiger partial charge on any atom is 0.119 e. The zero-order valence-electron chi connectivity index (χ0n) is 10.4. The zero-order chi connectivity index (χ0) is 12.3. The molecule has 0 spiro atoms. The summed E-state index contributed by atoms with van der Waals surface area (Å²) in [5, 5.41) is 10.3. The first-order chi connectivity index (χ1) is 8.22. The molecule has 0 bridgehead atoms. The Morgan fingerprint density at radius 3 is 3.00 bits per heavy atom. The Bertz CT molecular complexity index is 364. The van der Waals surface area contributed by atoms with Crippen LogP contribution in [0, 0.1) is 5.92 Å². The van der Waals surface area contributed by atoms with Crippen molar-refractivity contribution in [1.29, 1.82) is 0 Å². The van der Waals surface area contributed by atoms with Crippen molar-refractivity contribution in [2.24, 2.45) is 5.92 Å². The predicted molar refractivity (Wildman–Crippen MR) is 66.1 cm³/mol. The molecule has 2 rings (SSSR count). The van der Waals surface area contributed by atoms with E-state index in [0.717, 1.165) is 24.3 Å². The van der Waals surface area contributed by atoms with Gasteiger partial charge in [-0.05, 0) is 38.0 Å². The highest BCUT2D eigenvalue weighted by atomic mass is 16.5. The number of rotatable bonds is 4. The van der Waals surface area contributed by atoms with Crippen LogP contribution < -0.4 is 4.74 Å². The highest BCUT2D eigenvalue weighted by Gasteiger charge is 2.31.